The molecule has 0 N–H and O–H groups in total. The highest BCUT2D eigenvalue weighted by Gasteiger charge is 2.32. The molecule has 2 aliphatic heterocycles. The fourth-order valence-corrected chi connectivity index (χ4v) is 5.16. The summed E-state index contributed by atoms with van der Waals surface area (Å²) in [6.07, 6.45) is 4.77. The summed E-state index contributed by atoms with van der Waals surface area (Å²) < 4.78 is 33.1. The standard InChI is InChI=1S/C18H24N2O5S/c1-25-15-10-9-14(20-17(21)7-6-8-18(20)22)13-16(15)26(23,24)19-11-4-2-3-5-12-19/h9-10,13H,2-8,11-12H2,1H3. The van der Waals surface area contributed by atoms with E-state index in [1.807, 2.05) is 0 Å². The molecule has 142 valence electrons. The summed E-state index contributed by atoms with van der Waals surface area (Å²) in [6.45, 7) is 0.939. The molecule has 0 aliphatic carbocycles. The molecule has 0 unspecified atom stereocenters. The van der Waals surface area contributed by atoms with Gasteiger partial charge in [-0.05, 0) is 37.5 Å². The first-order valence-electron chi connectivity index (χ1n) is 8.99. The average Bonchev–Trinajstić information content (AvgIpc) is 2.91. The lowest BCUT2D eigenvalue weighted by molar-refractivity contribution is -0.129. The molecule has 0 aromatic heterocycles. The van der Waals surface area contributed by atoms with Gasteiger partial charge in [-0.3, -0.25) is 14.5 Å². The van der Waals surface area contributed by atoms with Crippen LogP contribution in [0.5, 0.6) is 5.75 Å². The minimum atomic E-state index is -3.77. The van der Waals surface area contributed by atoms with Gasteiger partial charge >= 0.3 is 0 Å². The molecule has 8 heteroatoms. The minimum absolute atomic E-state index is 0.00516. The summed E-state index contributed by atoms with van der Waals surface area (Å²) in [5.74, 6) is -0.385. The molecule has 0 radical (unpaired) electrons. The second-order valence-electron chi connectivity index (χ2n) is 6.63. The van der Waals surface area contributed by atoms with Gasteiger partial charge < -0.3 is 4.74 Å². The van der Waals surface area contributed by atoms with Crippen molar-refractivity contribution >= 4 is 27.5 Å². The second kappa shape index (κ2) is 7.75. The van der Waals surface area contributed by atoms with Crippen LogP contribution in [0.4, 0.5) is 5.69 Å². The Morgan fingerprint density at radius 3 is 2.12 bits per heavy atom. The average molecular weight is 380 g/mol. The van der Waals surface area contributed by atoms with Crippen LogP contribution in [-0.4, -0.2) is 44.7 Å². The van der Waals surface area contributed by atoms with E-state index in [9.17, 15) is 18.0 Å². The monoisotopic (exact) mass is 380 g/mol. The summed E-state index contributed by atoms with van der Waals surface area (Å²) in [4.78, 5) is 25.5. The molecule has 2 heterocycles. The van der Waals surface area contributed by atoms with Gasteiger partial charge in [-0.15, -0.1) is 0 Å². The van der Waals surface area contributed by atoms with Gasteiger partial charge in [0, 0.05) is 25.9 Å². The van der Waals surface area contributed by atoms with Crippen molar-refractivity contribution in [1.82, 2.24) is 4.31 Å². The van der Waals surface area contributed by atoms with Gasteiger partial charge in [0.25, 0.3) is 0 Å². The van der Waals surface area contributed by atoms with Gasteiger partial charge in [0.15, 0.2) is 0 Å². The van der Waals surface area contributed by atoms with E-state index < -0.39 is 10.0 Å². The van der Waals surface area contributed by atoms with Gasteiger partial charge in [0.2, 0.25) is 21.8 Å². The fraction of sp³-hybridized carbons (Fsp3) is 0.556. The third-order valence-corrected chi connectivity index (χ3v) is 6.79. The molecule has 0 saturated carbocycles. The molecular weight excluding hydrogens is 356 g/mol. The zero-order valence-corrected chi connectivity index (χ0v) is 15.8. The summed E-state index contributed by atoms with van der Waals surface area (Å²) in [5, 5.41) is 0. The van der Waals surface area contributed by atoms with E-state index >= 15 is 0 Å². The Morgan fingerprint density at radius 2 is 1.54 bits per heavy atom. The van der Waals surface area contributed by atoms with E-state index in [1.54, 1.807) is 6.07 Å². The summed E-state index contributed by atoms with van der Waals surface area (Å²) in [7, 11) is -2.35. The summed E-state index contributed by atoms with van der Waals surface area (Å²) >= 11 is 0. The number of rotatable bonds is 4. The number of hydrogen-bond acceptors (Lipinski definition) is 5. The number of amides is 2. The van der Waals surface area contributed by atoms with Crippen LogP contribution in [0.15, 0.2) is 23.1 Å². The van der Waals surface area contributed by atoms with Gasteiger partial charge in [0.05, 0.1) is 12.8 Å². The number of sulfonamides is 1. The fourth-order valence-electron chi connectivity index (χ4n) is 3.47. The third kappa shape index (κ3) is 3.61. The van der Waals surface area contributed by atoms with Gasteiger partial charge in [-0.1, -0.05) is 12.8 Å². The highest BCUT2D eigenvalue weighted by atomic mass is 32.2. The van der Waals surface area contributed by atoms with Gasteiger partial charge in [-0.2, -0.15) is 4.31 Å². The second-order valence-corrected chi connectivity index (χ2v) is 8.54. The Balaban J connectivity index is 2.02. The Bertz CT molecular complexity index is 782. The SMILES string of the molecule is COc1ccc(N2C(=O)CCCC2=O)cc1S(=O)(=O)N1CCCCCC1. The topological polar surface area (TPSA) is 84.0 Å². The molecule has 2 aliphatic rings. The normalized spacial score (nSPS) is 20.1. The Kier molecular flexibility index (Phi) is 5.62. The number of ether oxygens (including phenoxy) is 1. The van der Waals surface area contributed by atoms with Crippen molar-refractivity contribution in [2.45, 2.75) is 49.8 Å². The van der Waals surface area contributed by atoms with Crippen molar-refractivity contribution in [3.63, 3.8) is 0 Å². The number of nitrogens with zero attached hydrogens (tertiary/aromatic N) is 2. The van der Waals surface area contributed by atoms with E-state index in [2.05, 4.69) is 0 Å². The summed E-state index contributed by atoms with van der Waals surface area (Å²) in [5.41, 5.74) is 0.286. The molecule has 1 aromatic carbocycles. The van der Waals surface area contributed by atoms with Crippen molar-refractivity contribution in [2.24, 2.45) is 0 Å². The molecular formula is C18H24N2O5S. The Hall–Kier alpha value is -1.93. The molecule has 3 rings (SSSR count). The minimum Gasteiger partial charge on any atom is -0.495 e. The lowest BCUT2D eigenvalue weighted by Gasteiger charge is -2.26. The first-order valence-corrected chi connectivity index (χ1v) is 10.4. The van der Waals surface area contributed by atoms with Crippen LogP contribution in [0.25, 0.3) is 0 Å². The molecule has 0 atom stereocenters. The van der Waals surface area contributed by atoms with Crippen molar-refractivity contribution in [3.05, 3.63) is 18.2 Å². The number of benzene rings is 1. The quantitative estimate of drug-likeness (QED) is 0.749. The van der Waals surface area contributed by atoms with E-state index in [0.717, 1.165) is 30.6 Å². The van der Waals surface area contributed by atoms with E-state index in [4.69, 9.17) is 4.74 Å². The number of methoxy groups -OCH3 is 1. The van der Waals surface area contributed by atoms with Crippen LogP contribution < -0.4 is 9.64 Å². The highest BCUT2D eigenvalue weighted by molar-refractivity contribution is 7.89. The van der Waals surface area contributed by atoms with Gasteiger partial charge in [0.1, 0.15) is 10.6 Å². The first-order chi connectivity index (χ1) is 12.4. The first kappa shape index (κ1) is 18.8. The largest absolute Gasteiger partial charge is 0.495 e. The van der Waals surface area contributed by atoms with Crippen molar-refractivity contribution in [3.8, 4) is 5.75 Å². The maximum absolute atomic E-state index is 13.2. The van der Waals surface area contributed by atoms with E-state index in [-0.39, 0.29) is 41.0 Å². The lowest BCUT2D eigenvalue weighted by Crippen LogP contribution is -2.40. The molecule has 7 nitrogen and oxygen atoms in total. The number of hydrogen-bond donors (Lipinski definition) is 0. The molecule has 2 saturated heterocycles. The van der Waals surface area contributed by atoms with Gasteiger partial charge in [-0.25, -0.2) is 8.42 Å². The van der Waals surface area contributed by atoms with Crippen LogP contribution in [0.2, 0.25) is 0 Å². The zero-order valence-electron chi connectivity index (χ0n) is 14.9. The number of carbonyl (C=O) groups is 2. The molecule has 0 bridgehead atoms. The number of anilines is 1. The third-order valence-electron chi connectivity index (χ3n) is 4.87. The number of piperidine rings is 1. The predicted octanol–water partition coefficient (Wildman–Crippen LogP) is 2.30. The number of carbonyl (C=O) groups excluding carboxylic acids is 2. The lowest BCUT2D eigenvalue weighted by atomic mass is 10.1. The van der Waals surface area contributed by atoms with Crippen molar-refractivity contribution in [1.29, 1.82) is 0 Å². The molecule has 1 aromatic rings. The van der Waals surface area contributed by atoms with Crippen LogP contribution >= 0.6 is 0 Å². The maximum atomic E-state index is 13.2. The number of imide groups is 1. The molecule has 2 amide bonds. The van der Waals surface area contributed by atoms with Crippen molar-refractivity contribution < 1.29 is 22.7 Å². The Morgan fingerprint density at radius 1 is 0.923 bits per heavy atom. The zero-order chi connectivity index (χ0) is 18.7. The smallest absolute Gasteiger partial charge is 0.246 e. The summed E-state index contributed by atoms with van der Waals surface area (Å²) in [6, 6.07) is 4.46. The molecule has 0 spiro atoms. The van der Waals surface area contributed by atoms with Crippen LogP contribution in [0.1, 0.15) is 44.9 Å². The predicted molar refractivity (Wildman–Crippen MR) is 96.6 cm³/mol. The molecule has 26 heavy (non-hydrogen) atoms. The van der Waals surface area contributed by atoms with Crippen molar-refractivity contribution in [2.75, 3.05) is 25.1 Å². The van der Waals surface area contributed by atoms with E-state index in [0.29, 0.717) is 19.5 Å². The maximum Gasteiger partial charge on any atom is 0.246 e. The van der Waals surface area contributed by atoms with Crippen LogP contribution in [0.3, 0.4) is 0 Å². The van der Waals surface area contributed by atoms with Crippen LogP contribution in [0, 0.1) is 0 Å². The van der Waals surface area contributed by atoms with E-state index in [1.165, 1.54) is 23.5 Å². The highest BCUT2D eigenvalue weighted by Crippen LogP contribution is 2.33. The Labute approximate surface area is 154 Å². The van der Waals surface area contributed by atoms with Crippen LogP contribution in [-0.2, 0) is 19.6 Å². The molecule has 2 fully saturated rings.